The topological polar surface area (TPSA) is 59.8 Å². The molecule has 0 radical (unpaired) electrons. The monoisotopic (exact) mass is 326 g/mol. The molecule has 0 saturated carbocycles. The normalized spacial score (nSPS) is 11.1. The minimum Gasteiger partial charge on any atom is -0.349 e. The molecule has 0 aliphatic rings. The van der Waals surface area contributed by atoms with Crippen molar-refractivity contribution in [3.05, 3.63) is 48.0 Å². The van der Waals surface area contributed by atoms with Gasteiger partial charge in [-0.1, -0.05) is 12.1 Å². The van der Waals surface area contributed by atoms with Gasteiger partial charge in [0.2, 0.25) is 0 Å². The molecule has 0 fully saturated rings. The van der Waals surface area contributed by atoms with Crippen LogP contribution in [0.1, 0.15) is 30.2 Å². The summed E-state index contributed by atoms with van der Waals surface area (Å²) >= 11 is 1.60. The fraction of sp³-hybridized carbons (Fsp3) is 0.235. The van der Waals surface area contributed by atoms with Gasteiger partial charge in [0.05, 0.1) is 27.7 Å². The van der Waals surface area contributed by atoms with Crippen LogP contribution in [0.3, 0.4) is 0 Å². The number of aromatic nitrogens is 3. The molecule has 5 nitrogen and oxygen atoms in total. The van der Waals surface area contributed by atoms with Gasteiger partial charge >= 0.3 is 0 Å². The second-order valence-corrected chi connectivity index (χ2v) is 6.40. The molecule has 0 aliphatic carbocycles. The Morgan fingerprint density at radius 2 is 2.35 bits per heavy atom. The average Bonchev–Trinajstić information content (AvgIpc) is 3.20. The van der Waals surface area contributed by atoms with Crippen LogP contribution in [0, 0.1) is 0 Å². The molecule has 3 heterocycles. The van der Waals surface area contributed by atoms with E-state index in [1.807, 2.05) is 42.1 Å². The highest BCUT2D eigenvalue weighted by Gasteiger charge is 2.18. The second-order valence-electron chi connectivity index (χ2n) is 5.45. The SMILES string of the molecule is C=CCNC(=O)c1cc(-c2cccs2)nc2c1cnn2C(C)C. The Kier molecular flexibility index (Phi) is 4.25. The molecule has 1 N–H and O–H groups in total. The number of pyridine rings is 1. The Bertz CT molecular complexity index is 849. The molecule has 0 bridgehead atoms. The Labute approximate surface area is 138 Å². The summed E-state index contributed by atoms with van der Waals surface area (Å²) in [6, 6.07) is 5.98. The van der Waals surface area contributed by atoms with Gasteiger partial charge in [-0.3, -0.25) is 4.79 Å². The maximum atomic E-state index is 12.5. The van der Waals surface area contributed by atoms with Crippen molar-refractivity contribution in [2.45, 2.75) is 19.9 Å². The molecule has 0 aliphatic heterocycles. The maximum Gasteiger partial charge on any atom is 0.252 e. The van der Waals surface area contributed by atoms with Gasteiger partial charge in [0.1, 0.15) is 0 Å². The highest BCUT2D eigenvalue weighted by atomic mass is 32.1. The second kappa shape index (κ2) is 6.34. The van der Waals surface area contributed by atoms with Crippen LogP contribution >= 0.6 is 11.3 Å². The predicted molar refractivity (Wildman–Crippen MR) is 93.8 cm³/mol. The number of fused-ring (bicyclic) bond motifs is 1. The summed E-state index contributed by atoms with van der Waals surface area (Å²) in [6.07, 6.45) is 3.37. The number of nitrogens with one attached hydrogen (secondary N) is 1. The quantitative estimate of drug-likeness (QED) is 0.728. The molecule has 3 aromatic rings. The third-order valence-electron chi connectivity index (χ3n) is 3.48. The van der Waals surface area contributed by atoms with E-state index in [4.69, 9.17) is 4.98 Å². The molecular formula is C17H18N4OS. The van der Waals surface area contributed by atoms with Gasteiger partial charge in [-0.25, -0.2) is 9.67 Å². The largest absolute Gasteiger partial charge is 0.349 e. The number of hydrogen-bond acceptors (Lipinski definition) is 4. The number of hydrogen-bond donors (Lipinski definition) is 1. The smallest absolute Gasteiger partial charge is 0.252 e. The predicted octanol–water partition coefficient (Wildman–Crippen LogP) is 3.66. The maximum absolute atomic E-state index is 12.5. The van der Waals surface area contributed by atoms with Crippen LogP contribution in [-0.2, 0) is 0 Å². The number of thiophene rings is 1. The molecule has 6 heteroatoms. The minimum absolute atomic E-state index is 0.140. The molecule has 0 saturated heterocycles. The van der Waals surface area contributed by atoms with Gasteiger partial charge in [-0.05, 0) is 31.4 Å². The lowest BCUT2D eigenvalue weighted by molar-refractivity contribution is 0.0959. The Morgan fingerprint density at radius 3 is 3.00 bits per heavy atom. The fourth-order valence-electron chi connectivity index (χ4n) is 2.39. The molecule has 3 aromatic heterocycles. The van der Waals surface area contributed by atoms with Crippen molar-refractivity contribution >= 4 is 28.3 Å². The van der Waals surface area contributed by atoms with Gasteiger partial charge in [0, 0.05) is 12.6 Å². The summed E-state index contributed by atoms with van der Waals surface area (Å²) in [5, 5.41) is 9.99. The van der Waals surface area contributed by atoms with Crippen molar-refractivity contribution < 1.29 is 4.79 Å². The van der Waals surface area contributed by atoms with E-state index in [1.54, 1.807) is 23.6 Å². The fourth-order valence-corrected chi connectivity index (χ4v) is 3.08. The summed E-state index contributed by atoms with van der Waals surface area (Å²) < 4.78 is 1.84. The molecule has 3 rings (SSSR count). The van der Waals surface area contributed by atoms with E-state index in [0.717, 1.165) is 21.6 Å². The van der Waals surface area contributed by atoms with Crippen molar-refractivity contribution in [3.8, 4) is 10.6 Å². The van der Waals surface area contributed by atoms with Crippen molar-refractivity contribution in [2.24, 2.45) is 0 Å². The van der Waals surface area contributed by atoms with E-state index in [1.165, 1.54) is 0 Å². The first-order chi connectivity index (χ1) is 11.1. The van der Waals surface area contributed by atoms with E-state index in [0.29, 0.717) is 12.1 Å². The van der Waals surface area contributed by atoms with Gasteiger partial charge in [-0.15, -0.1) is 17.9 Å². The lowest BCUT2D eigenvalue weighted by Gasteiger charge is -2.10. The third kappa shape index (κ3) is 2.90. The van der Waals surface area contributed by atoms with Crippen molar-refractivity contribution in [1.29, 1.82) is 0 Å². The zero-order chi connectivity index (χ0) is 16.4. The molecule has 0 aromatic carbocycles. The van der Waals surface area contributed by atoms with E-state index in [9.17, 15) is 4.79 Å². The number of nitrogens with zero attached hydrogens (tertiary/aromatic N) is 3. The highest BCUT2D eigenvalue weighted by molar-refractivity contribution is 7.13. The summed E-state index contributed by atoms with van der Waals surface area (Å²) in [5.74, 6) is -0.140. The van der Waals surface area contributed by atoms with Crippen molar-refractivity contribution in [3.63, 3.8) is 0 Å². The van der Waals surface area contributed by atoms with Gasteiger partial charge in [0.15, 0.2) is 5.65 Å². The third-order valence-corrected chi connectivity index (χ3v) is 4.37. The number of carbonyl (C=O) groups excluding carboxylic acids is 1. The van der Waals surface area contributed by atoms with Gasteiger partial charge in [-0.2, -0.15) is 5.10 Å². The summed E-state index contributed by atoms with van der Waals surface area (Å²) in [6.45, 7) is 8.15. The van der Waals surface area contributed by atoms with Crippen LogP contribution in [-0.4, -0.2) is 27.2 Å². The van der Waals surface area contributed by atoms with Crippen molar-refractivity contribution in [1.82, 2.24) is 20.1 Å². The summed E-state index contributed by atoms with van der Waals surface area (Å²) in [7, 11) is 0. The van der Waals surface area contributed by atoms with Crippen LogP contribution in [0.5, 0.6) is 0 Å². The number of amides is 1. The molecule has 118 valence electrons. The minimum atomic E-state index is -0.140. The van der Waals surface area contributed by atoms with Crippen LogP contribution in [0.4, 0.5) is 0 Å². The van der Waals surface area contributed by atoms with E-state index in [-0.39, 0.29) is 11.9 Å². The van der Waals surface area contributed by atoms with Gasteiger partial charge in [0.25, 0.3) is 5.91 Å². The highest BCUT2D eigenvalue weighted by Crippen LogP contribution is 2.28. The molecule has 0 atom stereocenters. The molecular weight excluding hydrogens is 308 g/mol. The Morgan fingerprint density at radius 1 is 1.52 bits per heavy atom. The zero-order valence-corrected chi connectivity index (χ0v) is 13.9. The van der Waals surface area contributed by atoms with Crippen LogP contribution < -0.4 is 5.32 Å². The number of carbonyl (C=O) groups is 1. The Balaban J connectivity index is 2.20. The van der Waals surface area contributed by atoms with E-state index >= 15 is 0 Å². The lowest BCUT2D eigenvalue weighted by atomic mass is 10.1. The standard InChI is InChI=1S/C17H18N4OS/c1-4-7-18-17(22)12-9-14(15-6-5-8-23-15)20-16-13(12)10-19-21(16)11(2)3/h4-6,8-11H,1,7H2,2-3H3,(H,18,22). The Hall–Kier alpha value is -2.47. The van der Waals surface area contributed by atoms with Crippen LogP contribution in [0.25, 0.3) is 21.6 Å². The van der Waals surface area contributed by atoms with Gasteiger partial charge < -0.3 is 5.32 Å². The lowest BCUT2D eigenvalue weighted by Crippen LogP contribution is -2.23. The van der Waals surface area contributed by atoms with E-state index < -0.39 is 0 Å². The summed E-state index contributed by atoms with van der Waals surface area (Å²) in [5.41, 5.74) is 2.11. The first-order valence-corrected chi connectivity index (χ1v) is 8.31. The molecule has 0 spiro atoms. The molecule has 23 heavy (non-hydrogen) atoms. The number of rotatable bonds is 5. The average molecular weight is 326 g/mol. The first kappa shape index (κ1) is 15.4. The van der Waals surface area contributed by atoms with Crippen LogP contribution in [0.15, 0.2) is 42.4 Å². The van der Waals surface area contributed by atoms with E-state index in [2.05, 4.69) is 17.0 Å². The molecule has 0 unspecified atom stereocenters. The summed E-state index contributed by atoms with van der Waals surface area (Å²) in [4.78, 5) is 18.3. The first-order valence-electron chi connectivity index (χ1n) is 7.43. The van der Waals surface area contributed by atoms with Crippen molar-refractivity contribution in [2.75, 3.05) is 6.54 Å². The molecule has 1 amide bonds. The van der Waals surface area contributed by atoms with Crippen LogP contribution in [0.2, 0.25) is 0 Å². The zero-order valence-electron chi connectivity index (χ0n) is 13.1.